The van der Waals surface area contributed by atoms with Crippen LogP contribution < -0.4 is 0 Å². The second kappa shape index (κ2) is 5.80. The smallest absolute Gasteiger partial charge is 0.0994 e. The topological polar surface area (TPSA) is 47.6 Å². The largest absolute Gasteiger partial charge is 0.192 e. The van der Waals surface area contributed by atoms with Crippen molar-refractivity contribution in [3.63, 3.8) is 0 Å². The van der Waals surface area contributed by atoms with E-state index in [4.69, 9.17) is 10.5 Å². The molecular weight excluding hydrogens is 160 g/mol. The molecule has 1 aromatic rings. The third-order valence-corrected chi connectivity index (χ3v) is 1.57. The van der Waals surface area contributed by atoms with Gasteiger partial charge in [0.05, 0.1) is 23.3 Å². The number of benzene rings is 1. The van der Waals surface area contributed by atoms with Gasteiger partial charge in [0.25, 0.3) is 0 Å². The molecule has 0 aliphatic carbocycles. The molecule has 1 aromatic carbocycles. The molecule has 0 bridgehead atoms. The van der Waals surface area contributed by atoms with Crippen LogP contribution in [0.25, 0.3) is 0 Å². The van der Waals surface area contributed by atoms with Gasteiger partial charge in [-0.2, -0.15) is 10.5 Å². The second-order valence-corrected chi connectivity index (χ2v) is 2.20. The monoisotopic (exact) mass is 172 g/mol. The highest BCUT2D eigenvalue weighted by Gasteiger charge is 2.00. The first kappa shape index (κ1) is 11.2. The molecule has 2 nitrogen and oxygen atoms in total. The summed E-state index contributed by atoms with van der Waals surface area (Å²) in [6.45, 7) is 5.77. The van der Waals surface area contributed by atoms with Crippen LogP contribution in [0, 0.1) is 29.6 Å². The summed E-state index contributed by atoms with van der Waals surface area (Å²) in [4.78, 5) is 0. The Labute approximate surface area is 79.0 Å². The molecule has 0 aliphatic rings. The van der Waals surface area contributed by atoms with Crippen LogP contribution in [0.3, 0.4) is 0 Å². The summed E-state index contributed by atoms with van der Waals surface area (Å²) in [5.41, 5.74) is 1.91. The van der Waals surface area contributed by atoms with E-state index in [-0.39, 0.29) is 0 Å². The maximum absolute atomic E-state index is 8.58. The van der Waals surface area contributed by atoms with E-state index in [1.54, 1.807) is 25.1 Å². The zero-order chi connectivity index (χ0) is 10.3. The van der Waals surface area contributed by atoms with Gasteiger partial charge in [0.2, 0.25) is 0 Å². The molecule has 0 saturated carbocycles. The van der Waals surface area contributed by atoms with Gasteiger partial charge in [0, 0.05) is 0 Å². The highest BCUT2D eigenvalue weighted by Crippen LogP contribution is 2.10. The number of hydrogen-bond donors (Lipinski definition) is 0. The number of rotatable bonds is 0. The van der Waals surface area contributed by atoms with Crippen molar-refractivity contribution in [1.29, 1.82) is 10.5 Å². The zero-order valence-electron chi connectivity index (χ0n) is 8.13. The molecule has 0 aliphatic heterocycles. The molecule has 66 valence electrons. The second-order valence-electron chi connectivity index (χ2n) is 2.20. The minimum absolute atomic E-state index is 0.573. The Kier molecular flexibility index (Phi) is 5.00. The van der Waals surface area contributed by atoms with Crippen LogP contribution in [0.5, 0.6) is 0 Å². The molecule has 0 amide bonds. The van der Waals surface area contributed by atoms with Crippen molar-refractivity contribution in [3.8, 4) is 12.1 Å². The van der Waals surface area contributed by atoms with Gasteiger partial charge in [-0.1, -0.05) is 19.9 Å². The molecule has 0 atom stereocenters. The first-order valence-corrected chi connectivity index (χ1v) is 4.19. The average molecular weight is 172 g/mol. The summed E-state index contributed by atoms with van der Waals surface area (Å²) in [7, 11) is 0. The molecule has 0 unspecified atom stereocenters. The Balaban J connectivity index is 0.000000671. The van der Waals surface area contributed by atoms with Gasteiger partial charge in [-0.05, 0) is 24.6 Å². The number of nitriles is 2. The Hall–Kier alpha value is -1.80. The van der Waals surface area contributed by atoms with E-state index in [1.165, 1.54) is 0 Å². The highest BCUT2D eigenvalue weighted by atomic mass is 14.3. The lowest BCUT2D eigenvalue weighted by Gasteiger charge is -1.96. The van der Waals surface area contributed by atoms with E-state index in [9.17, 15) is 0 Å². The van der Waals surface area contributed by atoms with Gasteiger partial charge in [-0.15, -0.1) is 0 Å². The normalized spacial score (nSPS) is 7.46. The summed E-state index contributed by atoms with van der Waals surface area (Å²) in [6.07, 6.45) is 0. The SMILES string of the molecule is CC.Cc1c(C#N)cccc1C#N. The lowest BCUT2D eigenvalue weighted by atomic mass is 10.0. The van der Waals surface area contributed by atoms with Gasteiger partial charge in [-0.25, -0.2) is 0 Å². The molecule has 2 heteroatoms. The van der Waals surface area contributed by atoms with E-state index in [2.05, 4.69) is 0 Å². The minimum atomic E-state index is 0.573. The van der Waals surface area contributed by atoms with Crippen molar-refractivity contribution >= 4 is 0 Å². The van der Waals surface area contributed by atoms with Crippen molar-refractivity contribution in [2.24, 2.45) is 0 Å². The van der Waals surface area contributed by atoms with Crippen LogP contribution in [-0.2, 0) is 0 Å². The lowest BCUT2D eigenvalue weighted by Crippen LogP contribution is -1.85. The summed E-state index contributed by atoms with van der Waals surface area (Å²) in [5, 5.41) is 17.2. The van der Waals surface area contributed by atoms with Crippen LogP contribution in [0.15, 0.2) is 18.2 Å². The van der Waals surface area contributed by atoms with E-state index < -0.39 is 0 Å². The van der Waals surface area contributed by atoms with E-state index in [1.807, 2.05) is 26.0 Å². The summed E-state index contributed by atoms with van der Waals surface area (Å²) >= 11 is 0. The molecule has 13 heavy (non-hydrogen) atoms. The first-order valence-electron chi connectivity index (χ1n) is 4.19. The van der Waals surface area contributed by atoms with Gasteiger partial charge in [0.1, 0.15) is 0 Å². The fourth-order valence-electron chi connectivity index (χ4n) is 0.878. The van der Waals surface area contributed by atoms with Crippen LogP contribution >= 0.6 is 0 Å². The van der Waals surface area contributed by atoms with E-state index >= 15 is 0 Å². The minimum Gasteiger partial charge on any atom is -0.192 e. The summed E-state index contributed by atoms with van der Waals surface area (Å²) in [6, 6.07) is 9.16. The third kappa shape index (κ3) is 2.61. The molecule has 0 fully saturated rings. The summed E-state index contributed by atoms with van der Waals surface area (Å²) < 4.78 is 0. The Morgan fingerprint density at radius 3 is 1.69 bits per heavy atom. The fourth-order valence-corrected chi connectivity index (χ4v) is 0.878. The molecular formula is C11H12N2. The van der Waals surface area contributed by atoms with Crippen molar-refractivity contribution in [3.05, 3.63) is 34.9 Å². The quantitative estimate of drug-likeness (QED) is 0.604. The van der Waals surface area contributed by atoms with Crippen molar-refractivity contribution in [2.45, 2.75) is 20.8 Å². The predicted molar refractivity (Wildman–Crippen MR) is 52.0 cm³/mol. The average Bonchev–Trinajstić information content (AvgIpc) is 2.21. The van der Waals surface area contributed by atoms with Gasteiger partial charge >= 0.3 is 0 Å². The zero-order valence-corrected chi connectivity index (χ0v) is 8.13. The molecule has 0 radical (unpaired) electrons. The van der Waals surface area contributed by atoms with E-state index in [0.29, 0.717) is 11.1 Å². The lowest BCUT2D eigenvalue weighted by molar-refractivity contribution is 1.35. The van der Waals surface area contributed by atoms with Crippen LogP contribution in [0.1, 0.15) is 30.5 Å². The number of nitrogens with zero attached hydrogens (tertiary/aromatic N) is 2. The molecule has 1 rings (SSSR count). The van der Waals surface area contributed by atoms with Gasteiger partial charge in [0.15, 0.2) is 0 Å². The van der Waals surface area contributed by atoms with Crippen molar-refractivity contribution < 1.29 is 0 Å². The number of hydrogen-bond acceptors (Lipinski definition) is 2. The highest BCUT2D eigenvalue weighted by molar-refractivity contribution is 5.46. The Morgan fingerprint density at radius 2 is 1.38 bits per heavy atom. The Morgan fingerprint density at radius 1 is 1.00 bits per heavy atom. The van der Waals surface area contributed by atoms with E-state index in [0.717, 1.165) is 5.56 Å². The van der Waals surface area contributed by atoms with Gasteiger partial charge in [-0.3, -0.25) is 0 Å². The first-order chi connectivity index (χ1) is 6.29. The third-order valence-electron chi connectivity index (χ3n) is 1.57. The van der Waals surface area contributed by atoms with Crippen LogP contribution in [0.4, 0.5) is 0 Å². The molecule has 0 saturated heterocycles. The fraction of sp³-hybridized carbons (Fsp3) is 0.273. The molecule has 0 N–H and O–H groups in total. The maximum atomic E-state index is 8.58. The van der Waals surface area contributed by atoms with Crippen molar-refractivity contribution in [2.75, 3.05) is 0 Å². The molecule has 0 aromatic heterocycles. The van der Waals surface area contributed by atoms with Crippen LogP contribution in [0.2, 0.25) is 0 Å². The molecule has 0 spiro atoms. The van der Waals surface area contributed by atoms with Crippen LogP contribution in [-0.4, -0.2) is 0 Å². The Bertz CT molecular complexity index is 321. The predicted octanol–water partition coefficient (Wildman–Crippen LogP) is 2.76. The van der Waals surface area contributed by atoms with Gasteiger partial charge < -0.3 is 0 Å². The summed E-state index contributed by atoms with van der Waals surface area (Å²) in [5.74, 6) is 0. The van der Waals surface area contributed by atoms with Crippen molar-refractivity contribution in [1.82, 2.24) is 0 Å². The maximum Gasteiger partial charge on any atom is 0.0994 e. The molecule has 0 heterocycles. The standard InChI is InChI=1S/C9H6N2.C2H6/c1-7-8(5-10)3-2-4-9(7)6-11;1-2/h2-4H,1H3;1-2H3.